The predicted molar refractivity (Wildman–Crippen MR) is 216 cm³/mol. The fraction of sp³-hybridized carbons (Fsp3) is 0.721. The number of carbonyl (C=O) groups is 2. The highest BCUT2D eigenvalue weighted by molar-refractivity contribution is 7.46. The van der Waals surface area contributed by atoms with E-state index in [9.17, 15) is 14.2 Å². The van der Waals surface area contributed by atoms with Crippen LogP contribution in [-0.4, -0.2) is 41.0 Å². The Labute approximate surface area is 317 Å². The van der Waals surface area contributed by atoms with Crippen LogP contribution in [-0.2, 0) is 28.2 Å². The number of hydrogen-bond donors (Lipinski definition) is 2. The Morgan fingerprint density at radius 1 is 0.519 bits per heavy atom. The second-order valence-electron chi connectivity index (χ2n) is 13.6. The number of rotatable bonds is 37. The van der Waals surface area contributed by atoms with E-state index >= 15 is 0 Å². The van der Waals surface area contributed by atoms with E-state index in [0.29, 0.717) is 12.8 Å². The molecule has 0 aliphatic rings. The van der Waals surface area contributed by atoms with Crippen molar-refractivity contribution >= 4 is 19.8 Å². The summed E-state index contributed by atoms with van der Waals surface area (Å²) in [6, 6.07) is 0. The van der Waals surface area contributed by atoms with Gasteiger partial charge in [-0.1, -0.05) is 177 Å². The maximum absolute atomic E-state index is 12.4. The molecule has 1 atom stereocenters. The summed E-state index contributed by atoms with van der Waals surface area (Å²) in [5.41, 5.74) is 0. The molecule has 9 heteroatoms. The number of esters is 2. The Kier molecular flexibility index (Phi) is 36.8. The zero-order valence-electron chi connectivity index (χ0n) is 32.9. The minimum absolute atomic E-state index is 0.133. The smallest absolute Gasteiger partial charge is 0.462 e. The molecule has 0 bridgehead atoms. The van der Waals surface area contributed by atoms with Crippen molar-refractivity contribution in [2.24, 2.45) is 0 Å². The average molecular weight is 751 g/mol. The topological polar surface area (TPSA) is 119 Å². The Bertz CT molecular complexity index is 1030. The zero-order valence-corrected chi connectivity index (χ0v) is 33.8. The number of hydrogen-bond acceptors (Lipinski definition) is 6. The lowest BCUT2D eigenvalue weighted by atomic mass is 10.0. The predicted octanol–water partition coefficient (Wildman–Crippen LogP) is 12.5. The van der Waals surface area contributed by atoms with Gasteiger partial charge in [-0.3, -0.25) is 14.1 Å². The van der Waals surface area contributed by atoms with Crippen molar-refractivity contribution in [1.82, 2.24) is 0 Å². The van der Waals surface area contributed by atoms with Crippen molar-refractivity contribution in [2.45, 2.75) is 187 Å². The summed E-state index contributed by atoms with van der Waals surface area (Å²) in [5, 5.41) is 0. The fourth-order valence-corrected chi connectivity index (χ4v) is 5.89. The van der Waals surface area contributed by atoms with Crippen LogP contribution in [0.4, 0.5) is 0 Å². The normalized spacial score (nSPS) is 13.1. The molecular weight excluding hydrogens is 675 g/mol. The first-order valence-electron chi connectivity index (χ1n) is 20.6. The molecule has 0 aliphatic carbocycles. The molecule has 0 aromatic rings. The molecule has 52 heavy (non-hydrogen) atoms. The molecule has 300 valence electrons. The number of phosphoric acid groups is 1. The first kappa shape index (κ1) is 49.8. The van der Waals surface area contributed by atoms with E-state index in [4.69, 9.17) is 19.3 Å². The van der Waals surface area contributed by atoms with Crippen LogP contribution in [0.25, 0.3) is 0 Å². The fourth-order valence-electron chi connectivity index (χ4n) is 5.53. The van der Waals surface area contributed by atoms with Gasteiger partial charge in [0.15, 0.2) is 6.10 Å². The van der Waals surface area contributed by atoms with Gasteiger partial charge in [-0.05, 0) is 51.4 Å². The summed E-state index contributed by atoms with van der Waals surface area (Å²) in [4.78, 5) is 42.8. The minimum atomic E-state index is -4.77. The molecule has 0 aromatic carbocycles. The van der Waals surface area contributed by atoms with Crippen LogP contribution in [0.2, 0.25) is 0 Å². The molecule has 8 nitrogen and oxygen atoms in total. The third kappa shape index (κ3) is 40.5. The van der Waals surface area contributed by atoms with Crippen LogP contribution < -0.4 is 0 Å². The average Bonchev–Trinajstić information content (AvgIpc) is 3.11. The number of unbranched alkanes of at least 4 members (excludes halogenated alkanes) is 17. The van der Waals surface area contributed by atoms with Crippen molar-refractivity contribution < 1.29 is 37.9 Å². The van der Waals surface area contributed by atoms with Crippen molar-refractivity contribution in [1.29, 1.82) is 0 Å². The van der Waals surface area contributed by atoms with Crippen LogP contribution in [0, 0.1) is 0 Å². The summed E-state index contributed by atoms with van der Waals surface area (Å²) in [6.45, 7) is 3.53. The highest BCUT2D eigenvalue weighted by Gasteiger charge is 2.22. The van der Waals surface area contributed by atoms with Gasteiger partial charge in [-0.15, -0.1) is 0 Å². The van der Waals surface area contributed by atoms with Gasteiger partial charge in [0, 0.05) is 12.8 Å². The zero-order chi connectivity index (χ0) is 38.2. The molecule has 0 saturated carbocycles. The molecule has 0 radical (unpaired) electrons. The lowest BCUT2D eigenvalue weighted by Gasteiger charge is -2.18. The van der Waals surface area contributed by atoms with Crippen LogP contribution in [0.3, 0.4) is 0 Å². The van der Waals surface area contributed by atoms with Gasteiger partial charge in [0.2, 0.25) is 0 Å². The van der Waals surface area contributed by atoms with Crippen molar-refractivity contribution in [3.63, 3.8) is 0 Å². The maximum atomic E-state index is 12.4. The molecule has 0 amide bonds. The van der Waals surface area contributed by atoms with Gasteiger partial charge < -0.3 is 19.3 Å². The monoisotopic (exact) mass is 751 g/mol. The Morgan fingerprint density at radius 3 is 1.37 bits per heavy atom. The number of phosphoric ester groups is 1. The molecule has 0 fully saturated rings. The Hall–Kier alpha value is -2.25. The van der Waals surface area contributed by atoms with E-state index in [2.05, 4.69) is 67.0 Å². The van der Waals surface area contributed by atoms with Gasteiger partial charge in [-0.2, -0.15) is 0 Å². The lowest BCUT2D eigenvalue weighted by molar-refractivity contribution is -0.161. The number of allylic oxidation sites excluding steroid dienone is 10. The summed E-state index contributed by atoms with van der Waals surface area (Å²) in [7, 11) is -4.77. The van der Waals surface area contributed by atoms with E-state index in [-0.39, 0.29) is 19.4 Å². The molecule has 0 heterocycles. The van der Waals surface area contributed by atoms with E-state index in [1.165, 1.54) is 89.9 Å². The van der Waals surface area contributed by atoms with Crippen molar-refractivity contribution in [3.05, 3.63) is 60.8 Å². The molecule has 0 aromatic heterocycles. The van der Waals surface area contributed by atoms with E-state index < -0.39 is 32.5 Å². The van der Waals surface area contributed by atoms with E-state index in [1.807, 2.05) is 12.2 Å². The van der Waals surface area contributed by atoms with Gasteiger partial charge in [-0.25, -0.2) is 4.57 Å². The SMILES string of the molecule is CC/C=C\C/C=C\C/C=C\C/C=C\C/C=C\CCCC(=O)O[C@H](COC(=O)CCCCCCCCCCCCCCCCCCC)COP(=O)(O)O. The van der Waals surface area contributed by atoms with Crippen molar-refractivity contribution in [2.75, 3.05) is 13.2 Å². The third-order valence-corrected chi connectivity index (χ3v) is 9.04. The summed E-state index contributed by atoms with van der Waals surface area (Å²) in [5.74, 6) is -0.951. The van der Waals surface area contributed by atoms with Crippen LogP contribution in [0.1, 0.15) is 181 Å². The second kappa shape index (κ2) is 38.5. The standard InChI is InChI=1S/C43H75O8P/c1-3-5-7-9-11-13-15-17-19-21-23-25-27-29-31-33-35-37-42(44)49-39-41(40-50-52(46,47)48)51-43(45)38-36-34-32-30-28-26-24-22-20-18-16-14-12-10-8-6-4-2/h6,8,12,14,18,20,24,26,30,32,41H,3-5,7,9-11,13,15-17,19,21-23,25,27-29,31,33-40H2,1-2H3,(H2,46,47,48)/b8-6-,14-12-,20-18-,26-24-,32-30-/t41-/m1/s1. The first-order chi connectivity index (χ1) is 25.3. The summed E-state index contributed by atoms with van der Waals surface area (Å²) in [6.07, 6.45) is 48.1. The largest absolute Gasteiger partial charge is 0.469 e. The molecule has 0 rings (SSSR count). The number of carbonyl (C=O) groups excluding carboxylic acids is 2. The quantitative estimate of drug-likeness (QED) is 0.0279. The molecular formula is C43H75O8P. The van der Waals surface area contributed by atoms with Crippen LogP contribution in [0.5, 0.6) is 0 Å². The Morgan fingerprint density at radius 2 is 0.923 bits per heavy atom. The summed E-state index contributed by atoms with van der Waals surface area (Å²) < 4.78 is 26.3. The molecule has 2 N–H and O–H groups in total. The maximum Gasteiger partial charge on any atom is 0.469 e. The third-order valence-electron chi connectivity index (χ3n) is 8.55. The first-order valence-corrected chi connectivity index (χ1v) is 22.1. The van der Waals surface area contributed by atoms with Gasteiger partial charge >= 0.3 is 19.8 Å². The highest BCUT2D eigenvalue weighted by atomic mass is 31.2. The van der Waals surface area contributed by atoms with Gasteiger partial charge in [0.05, 0.1) is 6.61 Å². The Balaban J connectivity index is 4.01. The highest BCUT2D eigenvalue weighted by Crippen LogP contribution is 2.36. The van der Waals surface area contributed by atoms with Crippen LogP contribution in [0.15, 0.2) is 60.8 Å². The van der Waals surface area contributed by atoms with Crippen molar-refractivity contribution in [3.8, 4) is 0 Å². The number of ether oxygens (including phenoxy) is 2. The lowest BCUT2D eigenvalue weighted by Crippen LogP contribution is -2.29. The summed E-state index contributed by atoms with van der Waals surface area (Å²) >= 11 is 0. The van der Waals surface area contributed by atoms with Gasteiger partial charge in [0.1, 0.15) is 6.61 Å². The minimum Gasteiger partial charge on any atom is -0.462 e. The van der Waals surface area contributed by atoms with E-state index in [1.54, 1.807) is 0 Å². The second-order valence-corrected chi connectivity index (χ2v) is 14.8. The molecule has 0 spiro atoms. The van der Waals surface area contributed by atoms with E-state index in [0.717, 1.165) is 51.4 Å². The molecule has 0 aliphatic heterocycles. The van der Waals surface area contributed by atoms with Crippen LogP contribution >= 0.6 is 7.82 Å². The molecule has 0 saturated heterocycles. The molecule has 0 unspecified atom stereocenters. The van der Waals surface area contributed by atoms with Gasteiger partial charge in [0.25, 0.3) is 0 Å².